The molecule has 2 aromatic heterocycles. The maximum atomic E-state index is 12.0. The van der Waals surface area contributed by atoms with Gasteiger partial charge in [0.15, 0.2) is 0 Å². The molecule has 0 fully saturated rings. The average Bonchev–Trinajstić information content (AvgIpc) is 3.09. The lowest BCUT2D eigenvalue weighted by atomic mass is 10.2. The van der Waals surface area contributed by atoms with Gasteiger partial charge in [0.2, 0.25) is 11.8 Å². The van der Waals surface area contributed by atoms with Crippen LogP contribution in [0, 0.1) is 0 Å². The highest BCUT2D eigenvalue weighted by Crippen LogP contribution is 2.14. The third-order valence-corrected chi connectivity index (χ3v) is 3.21. The van der Waals surface area contributed by atoms with Gasteiger partial charge >= 0.3 is 0 Å². The van der Waals surface area contributed by atoms with Gasteiger partial charge in [-0.3, -0.25) is 9.78 Å². The minimum Gasteiger partial charge on any atom is -0.497 e. The Labute approximate surface area is 137 Å². The summed E-state index contributed by atoms with van der Waals surface area (Å²) in [7, 11) is 1.61. The third kappa shape index (κ3) is 3.92. The summed E-state index contributed by atoms with van der Waals surface area (Å²) in [6.45, 7) is 0.411. The first-order valence-corrected chi connectivity index (χ1v) is 7.23. The number of hydrogen-bond donors (Lipinski definition) is 1. The van der Waals surface area contributed by atoms with Crippen LogP contribution in [0.5, 0.6) is 5.75 Å². The van der Waals surface area contributed by atoms with Crippen molar-refractivity contribution in [2.45, 2.75) is 13.0 Å². The summed E-state index contributed by atoms with van der Waals surface area (Å²) in [4.78, 5) is 20.0. The molecule has 1 N–H and O–H groups in total. The number of aromatic nitrogens is 4. The summed E-state index contributed by atoms with van der Waals surface area (Å²) in [5.41, 5.74) is 1.44. The lowest BCUT2D eigenvalue weighted by Gasteiger charge is -2.05. The molecule has 0 aliphatic carbocycles. The van der Waals surface area contributed by atoms with Crippen molar-refractivity contribution in [1.29, 1.82) is 0 Å². The molecule has 0 atom stereocenters. The maximum Gasteiger partial charge on any atom is 0.267 e. The van der Waals surface area contributed by atoms with Crippen LogP contribution >= 0.6 is 0 Å². The van der Waals surface area contributed by atoms with Gasteiger partial charge < -0.3 is 14.5 Å². The second kappa shape index (κ2) is 7.32. The molecule has 1 amide bonds. The number of rotatable bonds is 6. The molecule has 0 saturated heterocycles. The molecular formula is C16H15N5O3. The number of ether oxygens (including phenoxy) is 1. The van der Waals surface area contributed by atoms with E-state index in [0.717, 1.165) is 11.3 Å². The van der Waals surface area contributed by atoms with E-state index in [1.165, 1.54) is 12.4 Å². The van der Waals surface area contributed by atoms with Crippen LogP contribution in [-0.4, -0.2) is 33.2 Å². The molecule has 2 heterocycles. The summed E-state index contributed by atoms with van der Waals surface area (Å²) in [6.07, 6.45) is 4.60. The van der Waals surface area contributed by atoms with Crippen LogP contribution in [0.3, 0.4) is 0 Å². The number of nitrogens with one attached hydrogen (secondary N) is 1. The van der Waals surface area contributed by atoms with Gasteiger partial charge in [-0.15, -0.1) is 10.2 Å². The van der Waals surface area contributed by atoms with Crippen LogP contribution in [0.2, 0.25) is 0 Å². The SMILES string of the molecule is COc1ccc(CNC(=O)Cc2nnc(-c3cnccn3)o2)cc1. The first-order valence-electron chi connectivity index (χ1n) is 7.23. The Morgan fingerprint density at radius 3 is 2.75 bits per heavy atom. The lowest BCUT2D eigenvalue weighted by Crippen LogP contribution is -2.24. The molecular weight excluding hydrogens is 310 g/mol. The maximum absolute atomic E-state index is 12.0. The fraction of sp³-hybridized carbons (Fsp3) is 0.188. The molecule has 0 radical (unpaired) electrons. The Kier molecular flexibility index (Phi) is 4.76. The number of carbonyl (C=O) groups is 1. The molecule has 1 aromatic carbocycles. The lowest BCUT2D eigenvalue weighted by molar-refractivity contribution is -0.120. The number of amides is 1. The highest BCUT2D eigenvalue weighted by Gasteiger charge is 2.13. The molecule has 3 aromatic rings. The van der Waals surface area contributed by atoms with Crippen LogP contribution in [0.15, 0.2) is 47.3 Å². The molecule has 0 aliphatic heterocycles. The predicted octanol–water partition coefficient (Wildman–Crippen LogP) is 1.39. The second-order valence-corrected chi connectivity index (χ2v) is 4.89. The summed E-state index contributed by atoms with van der Waals surface area (Å²) < 4.78 is 10.5. The van der Waals surface area contributed by atoms with Crippen molar-refractivity contribution in [3.8, 4) is 17.3 Å². The van der Waals surface area contributed by atoms with Crippen molar-refractivity contribution in [3.63, 3.8) is 0 Å². The monoisotopic (exact) mass is 325 g/mol. The van der Waals surface area contributed by atoms with Gasteiger partial charge in [-0.05, 0) is 17.7 Å². The summed E-state index contributed by atoms with van der Waals surface area (Å²) >= 11 is 0. The van der Waals surface area contributed by atoms with E-state index in [1.54, 1.807) is 13.3 Å². The summed E-state index contributed by atoms with van der Waals surface area (Å²) in [6, 6.07) is 7.45. The van der Waals surface area contributed by atoms with Gasteiger partial charge in [-0.1, -0.05) is 12.1 Å². The van der Waals surface area contributed by atoms with E-state index >= 15 is 0 Å². The Morgan fingerprint density at radius 1 is 1.21 bits per heavy atom. The van der Waals surface area contributed by atoms with Crippen molar-refractivity contribution < 1.29 is 13.9 Å². The molecule has 24 heavy (non-hydrogen) atoms. The van der Waals surface area contributed by atoms with Gasteiger partial charge in [-0.25, -0.2) is 4.98 Å². The Bertz CT molecular complexity index is 802. The largest absolute Gasteiger partial charge is 0.497 e. The smallest absolute Gasteiger partial charge is 0.267 e. The molecule has 8 nitrogen and oxygen atoms in total. The predicted molar refractivity (Wildman–Crippen MR) is 83.9 cm³/mol. The molecule has 0 saturated carbocycles. The van der Waals surface area contributed by atoms with E-state index in [2.05, 4.69) is 25.5 Å². The standard InChI is InChI=1S/C16H15N5O3/c1-23-12-4-2-11(3-5-12)9-19-14(22)8-15-20-21-16(24-15)13-10-17-6-7-18-13/h2-7,10H,8-9H2,1H3,(H,19,22). The fourth-order valence-electron chi connectivity index (χ4n) is 1.98. The second-order valence-electron chi connectivity index (χ2n) is 4.89. The average molecular weight is 325 g/mol. The molecule has 0 aliphatic rings. The minimum absolute atomic E-state index is 0.00339. The van der Waals surface area contributed by atoms with E-state index in [4.69, 9.17) is 9.15 Å². The number of methoxy groups -OCH3 is 1. The van der Waals surface area contributed by atoms with Crippen molar-refractivity contribution in [3.05, 3.63) is 54.3 Å². The minimum atomic E-state index is -0.208. The third-order valence-electron chi connectivity index (χ3n) is 3.21. The van der Waals surface area contributed by atoms with Crippen LogP contribution < -0.4 is 10.1 Å². The topological polar surface area (TPSA) is 103 Å². The summed E-state index contributed by atoms with van der Waals surface area (Å²) in [5.74, 6) is 1.02. The van der Waals surface area contributed by atoms with Gasteiger partial charge in [0.05, 0.1) is 13.3 Å². The van der Waals surface area contributed by atoms with Gasteiger partial charge in [-0.2, -0.15) is 0 Å². The molecule has 0 spiro atoms. The first kappa shape index (κ1) is 15.6. The molecule has 3 rings (SSSR count). The van der Waals surface area contributed by atoms with Crippen molar-refractivity contribution in [2.75, 3.05) is 7.11 Å². The summed E-state index contributed by atoms with van der Waals surface area (Å²) in [5, 5.41) is 10.5. The highest BCUT2D eigenvalue weighted by atomic mass is 16.5. The number of carbonyl (C=O) groups excluding carboxylic acids is 1. The van der Waals surface area contributed by atoms with Gasteiger partial charge in [0, 0.05) is 18.9 Å². The van der Waals surface area contributed by atoms with Crippen LogP contribution in [0.25, 0.3) is 11.6 Å². The molecule has 8 heteroatoms. The number of benzene rings is 1. The zero-order valence-corrected chi connectivity index (χ0v) is 13.0. The van der Waals surface area contributed by atoms with E-state index in [1.807, 2.05) is 24.3 Å². The van der Waals surface area contributed by atoms with Crippen LogP contribution in [-0.2, 0) is 17.8 Å². The number of nitrogens with zero attached hydrogens (tertiary/aromatic N) is 4. The van der Waals surface area contributed by atoms with Gasteiger partial charge in [0.25, 0.3) is 5.89 Å². The fourth-order valence-corrected chi connectivity index (χ4v) is 1.98. The van der Waals surface area contributed by atoms with Crippen molar-refractivity contribution in [1.82, 2.24) is 25.5 Å². The van der Waals surface area contributed by atoms with E-state index < -0.39 is 0 Å². The highest BCUT2D eigenvalue weighted by molar-refractivity contribution is 5.77. The normalized spacial score (nSPS) is 10.4. The molecule has 0 unspecified atom stereocenters. The van der Waals surface area contributed by atoms with Gasteiger partial charge in [0.1, 0.15) is 17.9 Å². The number of hydrogen-bond acceptors (Lipinski definition) is 7. The molecule has 122 valence electrons. The first-order chi connectivity index (χ1) is 11.7. The van der Waals surface area contributed by atoms with E-state index in [0.29, 0.717) is 12.2 Å². The zero-order valence-electron chi connectivity index (χ0n) is 13.0. The zero-order chi connectivity index (χ0) is 16.8. The molecule has 0 bridgehead atoms. The quantitative estimate of drug-likeness (QED) is 0.730. The van der Waals surface area contributed by atoms with Crippen molar-refractivity contribution in [2.24, 2.45) is 0 Å². The van der Waals surface area contributed by atoms with E-state index in [9.17, 15) is 4.79 Å². The van der Waals surface area contributed by atoms with Crippen LogP contribution in [0.4, 0.5) is 0 Å². The Morgan fingerprint density at radius 2 is 2.04 bits per heavy atom. The van der Waals surface area contributed by atoms with Crippen molar-refractivity contribution >= 4 is 5.91 Å². The van der Waals surface area contributed by atoms with E-state index in [-0.39, 0.29) is 24.1 Å². The Hall–Kier alpha value is -3.29. The van der Waals surface area contributed by atoms with Crippen LogP contribution in [0.1, 0.15) is 11.5 Å². The Balaban J connectivity index is 1.54.